The van der Waals surface area contributed by atoms with Crippen molar-refractivity contribution < 1.29 is 9.84 Å². The van der Waals surface area contributed by atoms with Gasteiger partial charge in [-0.15, -0.1) is 6.58 Å². The quantitative estimate of drug-likeness (QED) is 0.506. The molecule has 17 heavy (non-hydrogen) atoms. The lowest BCUT2D eigenvalue weighted by atomic mass is 10.1. The third-order valence-electron chi connectivity index (χ3n) is 2.38. The van der Waals surface area contributed by atoms with Gasteiger partial charge >= 0.3 is 0 Å². The van der Waals surface area contributed by atoms with E-state index in [0.29, 0.717) is 13.2 Å². The summed E-state index contributed by atoms with van der Waals surface area (Å²) in [6.45, 7) is 6.12. The minimum Gasteiger partial charge on any atom is -0.493 e. The van der Waals surface area contributed by atoms with Crippen LogP contribution in [0.15, 0.2) is 36.9 Å². The normalized spacial score (nSPS) is 10.2. The Morgan fingerprint density at radius 2 is 2.12 bits per heavy atom. The summed E-state index contributed by atoms with van der Waals surface area (Å²) in [5.74, 6) is 0.939. The fraction of sp³-hybridized carbons (Fsp3) is 0.429. The number of hydrogen-bond acceptors (Lipinski definition) is 3. The molecular formula is C14H21NO2. The first-order valence-corrected chi connectivity index (χ1v) is 6.01. The summed E-state index contributed by atoms with van der Waals surface area (Å²) in [6, 6.07) is 8.03. The van der Waals surface area contributed by atoms with Crippen molar-refractivity contribution in [3.63, 3.8) is 0 Å². The highest BCUT2D eigenvalue weighted by molar-refractivity contribution is 5.34. The van der Waals surface area contributed by atoms with Crippen LogP contribution in [0.4, 0.5) is 0 Å². The lowest BCUT2D eigenvalue weighted by Crippen LogP contribution is -2.20. The van der Waals surface area contributed by atoms with Gasteiger partial charge in [-0.05, 0) is 31.0 Å². The van der Waals surface area contributed by atoms with Gasteiger partial charge in [-0.1, -0.05) is 24.3 Å². The van der Waals surface area contributed by atoms with E-state index in [2.05, 4.69) is 18.0 Å². The lowest BCUT2D eigenvalue weighted by molar-refractivity contribution is 0.281. The Hall–Kier alpha value is -1.32. The standard InChI is InChI=1S/C14H21NO2/c1-2-6-13-7-3-4-8-14(13)17-12-5-9-15-10-11-16/h2-4,7-8,15-16H,1,5-6,9-12H2. The van der Waals surface area contributed by atoms with Crippen LogP contribution >= 0.6 is 0 Å². The van der Waals surface area contributed by atoms with Crippen LogP contribution in [0.25, 0.3) is 0 Å². The third kappa shape index (κ3) is 5.52. The first-order chi connectivity index (χ1) is 8.38. The average Bonchev–Trinajstić information content (AvgIpc) is 2.36. The Bertz CT molecular complexity index is 326. The number of benzene rings is 1. The maximum Gasteiger partial charge on any atom is 0.122 e. The van der Waals surface area contributed by atoms with E-state index < -0.39 is 0 Å². The molecule has 0 radical (unpaired) electrons. The smallest absolute Gasteiger partial charge is 0.122 e. The summed E-state index contributed by atoms with van der Waals surface area (Å²) in [7, 11) is 0. The van der Waals surface area contributed by atoms with Crippen molar-refractivity contribution in [3.05, 3.63) is 42.5 Å². The van der Waals surface area contributed by atoms with Gasteiger partial charge in [0.1, 0.15) is 5.75 Å². The molecule has 0 amide bonds. The van der Waals surface area contributed by atoms with Crippen LogP contribution in [-0.4, -0.2) is 31.4 Å². The van der Waals surface area contributed by atoms with Crippen molar-refractivity contribution in [1.29, 1.82) is 0 Å². The molecule has 3 nitrogen and oxygen atoms in total. The molecule has 0 aliphatic carbocycles. The average molecular weight is 235 g/mol. The van der Waals surface area contributed by atoms with Gasteiger partial charge in [-0.3, -0.25) is 0 Å². The molecule has 0 aliphatic heterocycles. The van der Waals surface area contributed by atoms with Crippen molar-refractivity contribution in [2.24, 2.45) is 0 Å². The van der Waals surface area contributed by atoms with Crippen LogP contribution < -0.4 is 10.1 Å². The number of allylic oxidation sites excluding steroid dienone is 1. The highest BCUT2D eigenvalue weighted by Gasteiger charge is 2.00. The van der Waals surface area contributed by atoms with E-state index in [-0.39, 0.29) is 6.61 Å². The minimum atomic E-state index is 0.184. The molecule has 0 heterocycles. The second-order valence-corrected chi connectivity index (χ2v) is 3.78. The molecule has 0 unspecified atom stereocenters. The SMILES string of the molecule is C=CCc1ccccc1OCCCNCCO. The van der Waals surface area contributed by atoms with E-state index in [1.54, 1.807) is 0 Å². The van der Waals surface area contributed by atoms with E-state index >= 15 is 0 Å². The number of aliphatic hydroxyl groups excluding tert-OH is 1. The van der Waals surface area contributed by atoms with Crippen molar-refractivity contribution in [1.82, 2.24) is 5.32 Å². The van der Waals surface area contributed by atoms with Crippen LogP contribution in [0.3, 0.4) is 0 Å². The van der Waals surface area contributed by atoms with Crippen LogP contribution in [-0.2, 0) is 6.42 Å². The Kier molecular flexibility index (Phi) is 7.11. The van der Waals surface area contributed by atoms with Gasteiger partial charge in [0.25, 0.3) is 0 Å². The second kappa shape index (κ2) is 8.79. The molecule has 3 heteroatoms. The second-order valence-electron chi connectivity index (χ2n) is 3.78. The highest BCUT2D eigenvalue weighted by atomic mass is 16.5. The molecule has 1 rings (SSSR count). The molecule has 0 saturated carbocycles. The predicted molar refractivity (Wildman–Crippen MR) is 70.4 cm³/mol. The van der Waals surface area contributed by atoms with E-state index in [9.17, 15) is 0 Å². The van der Waals surface area contributed by atoms with Crippen LogP contribution in [0.1, 0.15) is 12.0 Å². The van der Waals surface area contributed by atoms with Gasteiger partial charge < -0.3 is 15.2 Å². The molecule has 0 aromatic heterocycles. The molecule has 0 bridgehead atoms. The zero-order valence-electron chi connectivity index (χ0n) is 10.2. The summed E-state index contributed by atoms with van der Waals surface area (Å²) in [5, 5.41) is 11.7. The summed E-state index contributed by atoms with van der Waals surface area (Å²) in [4.78, 5) is 0. The number of aliphatic hydroxyl groups is 1. The van der Waals surface area contributed by atoms with Crippen molar-refractivity contribution in [2.45, 2.75) is 12.8 Å². The van der Waals surface area contributed by atoms with Gasteiger partial charge in [0.2, 0.25) is 0 Å². The topological polar surface area (TPSA) is 41.5 Å². The fourth-order valence-corrected chi connectivity index (χ4v) is 1.55. The zero-order chi connectivity index (χ0) is 12.3. The first kappa shape index (κ1) is 13.7. The molecule has 0 fully saturated rings. The number of para-hydroxylation sites is 1. The van der Waals surface area contributed by atoms with Crippen LogP contribution in [0.2, 0.25) is 0 Å². The third-order valence-corrected chi connectivity index (χ3v) is 2.38. The Morgan fingerprint density at radius 3 is 2.88 bits per heavy atom. The van der Waals surface area contributed by atoms with E-state index in [1.807, 2.05) is 24.3 Å². The molecule has 0 atom stereocenters. The van der Waals surface area contributed by atoms with E-state index in [4.69, 9.17) is 9.84 Å². The number of ether oxygens (including phenoxy) is 1. The zero-order valence-corrected chi connectivity index (χ0v) is 10.2. The summed E-state index contributed by atoms with van der Waals surface area (Å²) in [6.07, 6.45) is 3.65. The molecule has 1 aromatic carbocycles. The summed E-state index contributed by atoms with van der Waals surface area (Å²) < 4.78 is 5.72. The van der Waals surface area contributed by atoms with E-state index in [1.165, 1.54) is 5.56 Å². The summed E-state index contributed by atoms with van der Waals surface area (Å²) >= 11 is 0. The van der Waals surface area contributed by atoms with Crippen molar-refractivity contribution in [3.8, 4) is 5.75 Å². The molecule has 0 saturated heterocycles. The van der Waals surface area contributed by atoms with Gasteiger partial charge in [0, 0.05) is 6.54 Å². The molecule has 1 aromatic rings. The van der Waals surface area contributed by atoms with Gasteiger partial charge in [-0.2, -0.15) is 0 Å². The maximum absolute atomic E-state index is 8.59. The molecule has 94 valence electrons. The van der Waals surface area contributed by atoms with Gasteiger partial charge in [0.05, 0.1) is 13.2 Å². The summed E-state index contributed by atoms with van der Waals surface area (Å²) in [5.41, 5.74) is 1.17. The van der Waals surface area contributed by atoms with E-state index in [0.717, 1.165) is 25.1 Å². The van der Waals surface area contributed by atoms with Crippen molar-refractivity contribution in [2.75, 3.05) is 26.3 Å². The Balaban J connectivity index is 2.28. The number of rotatable bonds is 9. The molecule has 0 spiro atoms. The van der Waals surface area contributed by atoms with Gasteiger partial charge in [-0.25, -0.2) is 0 Å². The van der Waals surface area contributed by atoms with Crippen LogP contribution in [0, 0.1) is 0 Å². The number of nitrogens with one attached hydrogen (secondary N) is 1. The highest BCUT2D eigenvalue weighted by Crippen LogP contribution is 2.18. The lowest BCUT2D eigenvalue weighted by Gasteiger charge is -2.10. The monoisotopic (exact) mass is 235 g/mol. The Labute approximate surface area is 103 Å². The maximum atomic E-state index is 8.59. The van der Waals surface area contributed by atoms with Crippen molar-refractivity contribution >= 4 is 0 Å². The molecule has 2 N–H and O–H groups in total. The molecular weight excluding hydrogens is 214 g/mol. The Morgan fingerprint density at radius 1 is 1.29 bits per heavy atom. The minimum absolute atomic E-state index is 0.184. The predicted octanol–water partition coefficient (Wildman–Crippen LogP) is 1.77. The first-order valence-electron chi connectivity index (χ1n) is 6.01. The van der Waals surface area contributed by atoms with Crippen LogP contribution in [0.5, 0.6) is 5.75 Å². The largest absolute Gasteiger partial charge is 0.493 e. The fourth-order valence-electron chi connectivity index (χ4n) is 1.55. The molecule has 0 aliphatic rings. The van der Waals surface area contributed by atoms with Gasteiger partial charge in [0.15, 0.2) is 0 Å². The number of hydrogen-bond donors (Lipinski definition) is 2.